The number of carbonyl (C=O) groups excluding carboxylic acids is 2. The van der Waals surface area contributed by atoms with Gasteiger partial charge in [-0.2, -0.15) is 0 Å². The summed E-state index contributed by atoms with van der Waals surface area (Å²) in [6, 6.07) is 6.88. The van der Waals surface area contributed by atoms with Crippen molar-refractivity contribution in [2.75, 3.05) is 18.5 Å². The van der Waals surface area contributed by atoms with Gasteiger partial charge in [0, 0.05) is 6.42 Å². The lowest BCUT2D eigenvalue weighted by Gasteiger charge is -2.40. The standard InChI is InChI=1S/C16H22N2O3/c1-2-21-15(20)12-6-3-4-7-13(12)18-14(19)10-16(11-17)8-5-9-16/h3-4,6-7H,2,5,8-11,17H2,1H3,(H,18,19). The number of anilines is 1. The third-order valence-electron chi connectivity index (χ3n) is 4.08. The average molecular weight is 290 g/mol. The lowest BCUT2D eigenvalue weighted by molar-refractivity contribution is -0.119. The van der Waals surface area contributed by atoms with Crippen LogP contribution in [-0.2, 0) is 9.53 Å². The summed E-state index contributed by atoms with van der Waals surface area (Å²) in [7, 11) is 0. The normalized spacial score (nSPS) is 15.9. The lowest BCUT2D eigenvalue weighted by Crippen LogP contribution is -2.40. The van der Waals surface area contributed by atoms with E-state index in [0.29, 0.717) is 30.8 Å². The number of nitrogens with two attached hydrogens (primary N) is 1. The molecule has 0 heterocycles. The maximum absolute atomic E-state index is 12.2. The number of hydrogen-bond acceptors (Lipinski definition) is 4. The second kappa shape index (κ2) is 6.72. The first-order chi connectivity index (χ1) is 10.1. The Hall–Kier alpha value is -1.88. The van der Waals surface area contributed by atoms with Crippen molar-refractivity contribution in [2.24, 2.45) is 11.1 Å². The van der Waals surface area contributed by atoms with Gasteiger partial charge >= 0.3 is 5.97 Å². The number of para-hydroxylation sites is 1. The maximum Gasteiger partial charge on any atom is 0.340 e. The van der Waals surface area contributed by atoms with Crippen molar-refractivity contribution in [2.45, 2.75) is 32.6 Å². The van der Waals surface area contributed by atoms with Gasteiger partial charge in [-0.25, -0.2) is 4.79 Å². The fourth-order valence-corrected chi connectivity index (χ4v) is 2.64. The largest absolute Gasteiger partial charge is 0.462 e. The van der Waals surface area contributed by atoms with Crippen LogP contribution in [0.3, 0.4) is 0 Å². The molecule has 0 bridgehead atoms. The number of benzene rings is 1. The summed E-state index contributed by atoms with van der Waals surface area (Å²) in [5.41, 5.74) is 6.59. The lowest BCUT2D eigenvalue weighted by atomic mass is 9.66. The van der Waals surface area contributed by atoms with Crippen molar-refractivity contribution < 1.29 is 14.3 Å². The zero-order valence-corrected chi connectivity index (χ0v) is 12.4. The number of rotatable bonds is 6. The molecule has 1 aliphatic carbocycles. The minimum atomic E-state index is -0.425. The minimum absolute atomic E-state index is 0.0526. The van der Waals surface area contributed by atoms with Gasteiger partial charge in [0.25, 0.3) is 0 Å². The summed E-state index contributed by atoms with van der Waals surface area (Å²) in [4.78, 5) is 24.1. The van der Waals surface area contributed by atoms with Crippen LogP contribution in [0.4, 0.5) is 5.69 Å². The molecule has 5 heteroatoms. The molecule has 3 N–H and O–H groups in total. The van der Waals surface area contributed by atoms with E-state index in [0.717, 1.165) is 19.3 Å². The number of ether oxygens (including phenoxy) is 1. The Bertz CT molecular complexity index is 518. The topological polar surface area (TPSA) is 81.4 Å². The van der Waals surface area contributed by atoms with E-state index in [1.165, 1.54) is 0 Å². The monoisotopic (exact) mass is 290 g/mol. The molecule has 1 saturated carbocycles. The van der Waals surface area contributed by atoms with Gasteiger partial charge in [-0.1, -0.05) is 18.6 Å². The Morgan fingerprint density at radius 3 is 2.62 bits per heavy atom. The molecule has 1 fully saturated rings. The minimum Gasteiger partial charge on any atom is -0.462 e. The molecule has 1 amide bonds. The summed E-state index contributed by atoms with van der Waals surface area (Å²) >= 11 is 0. The molecule has 0 unspecified atom stereocenters. The maximum atomic E-state index is 12.2. The van der Waals surface area contributed by atoms with Crippen LogP contribution in [-0.4, -0.2) is 25.0 Å². The number of amides is 1. The zero-order valence-electron chi connectivity index (χ0n) is 12.4. The third kappa shape index (κ3) is 3.61. The Morgan fingerprint density at radius 2 is 2.05 bits per heavy atom. The highest BCUT2D eigenvalue weighted by molar-refractivity contribution is 6.01. The molecule has 5 nitrogen and oxygen atoms in total. The highest BCUT2D eigenvalue weighted by Gasteiger charge is 2.37. The van der Waals surface area contributed by atoms with Crippen LogP contribution in [0.2, 0.25) is 0 Å². The van der Waals surface area contributed by atoms with Crippen molar-refractivity contribution in [1.29, 1.82) is 0 Å². The fourth-order valence-electron chi connectivity index (χ4n) is 2.64. The van der Waals surface area contributed by atoms with Gasteiger partial charge in [0.2, 0.25) is 5.91 Å². The van der Waals surface area contributed by atoms with E-state index in [-0.39, 0.29) is 11.3 Å². The molecule has 0 aliphatic heterocycles. The number of carbonyl (C=O) groups is 2. The molecule has 1 aromatic rings. The molecule has 2 rings (SSSR count). The van der Waals surface area contributed by atoms with Crippen LogP contribution in [0.1, 0.15) is 43.0 Å². The van der Waals surface area contributed by atoms with Gasteiger partial charge in [0.1, 0.15) is 0 Å². The Kier molecular flexibility index (Phi) is 4.96. The second-order valence-electron chi connectivity index (χ2n) is 5.55. The molecular formula is C16H22N2O3. The highest BCUT2D eigenvalue weighted by atomic mass is 16.5. The van der Waals surface area contributed by atoms with E-state index in [1.54, 1.807) is 31.2 Å². The van der Waals surface area contributed by atoms with Crippen LogP contribution in [0.25, 0.3) is 0 Å². The van der Waals surface area contributed by atoms with Gasteiger partial charge in [-0.15, -0.1) is 0 Å². The predicted octanol–water partition coefficient (Wildman–Crippen LogP) is 2.32. The van der Waals surface area contributed by atoms with Crippen molar-refractivity contribution in [3.05, 3.63) is 29.8 Å². The first-order valence-electron chi connectivity index (χ1n) is 7.36. The molecule has 21 heavy (non-hydrogen) atoms. The number of hydrogen-bond donors (Lipinski definition) is 2. The Balaban J connectivity index is 2.05. The van der Waals surface area contributed by atoms with E-state index in [4.69, 9.17) is 10.5 Å². The van der Waals surface area contributed by atoms with Crippen molar-refractivity contribution >= 4 is 17.6 Å². The number of esters is 1. The third-order valence-corrected chi connectivity index (χ3v) is 4.08. The van der Waals surface area contributed by atoms with Gasteiger partial charge in [-0.05, 0) is 43.9 Å². The van der Waals surface area contributed by atoms with E-state index in [9.17, 15) is 9.59 Å². The van der Waals surface area contributed by atoms with Crippen LogP contribution < -0.4 is 11.1 Å². The van der Waals surface area contributed by atoms with Crippen molar-refractivity contribution in [1.82, 2.24) is 0 Å². The van der Waals surface area contributed by atoms with Crippen LogP contribution in [0.5, 0.6) is 0 Å². The summed E-state index contributed by atoms with van der Waals surface area (Å²) in [5.74, 6) is -0.525. The first-order valence-corrected chi connectivity index (χ1v) is 7.36. The highest BCUT2D eigenvalue weighted by Crippen LogP contribution is 2.43. The van der Waals surface area contributed by atoms with Crippen molar-refractivity contribution in [3.63, 3.8) is 0 Å². The molecule has 1 aromatic carbocycles. The average Bonchev–Trinajstić information content (AvgIpc) is 2.43. The van der Waals surface area contributed by atoms with Crippen LogP contribution >= 0.6 is 0 Å². The molecule has 0 atom stereocenters. The van der Waals surface area contributed by atoms with Crippen LogP contribution in [0, 0.1) is 5.41 Å². The SMILES string of the molecule is CCOC(=O)c1ccccc1NC(=O)CC1(CN)CCC1. The fraction of sp³-hybridized carbons (Fsp3) is 0.500. The van der Waals surface area contributed by atoms with Gasteiger partial charge in [0.15, 0.2) is 0 Å². The zero-order chi connectivity index (χ0) is 15.3. The smallest absolute Gasteiger partial charge is 0.340 e. The summed E-state index contributed by atoms with van der Waals surface area (Å²) in [5, 5.41) is 2.81. The summed E-state index contributed by atoms with van der Waals surface area (Å²) in [6.07, 6.45) is 3.53. The van der Waals surface area contributed by atoms with E-state index < -0.39 is 5.97 Å². The van der Waals surface area contributed by atoms with E-state index in [2.05, 4.69) is 5.32 Å². The second-order valence-corrected chi connectivity index (χ2v) is 5.55. The quantitative estimate of drug-likeness (QED) is 0.788. The van der Waals surface area contributed by atoms with Crippen LogP contribution in [0.15, 0.2) is 24.3 Å². The number of nitrogens with one attached hydrogen (secondary N) is 1. The van der Waals surface area contributed by atoms with E-state index >= 15 is 0 Å². The molecule has 114 valence electrons. The Morgan fingerprint density at radius 1 is 1.33 bits per heavy atom. The summed E-state index contributed by atoms with van der Waals surface area (Å²) in [6.45, 7) is 2.58. The molecule has 0 radical (unpaired) electrons. The molecule has 0 aromatic heterocycles. The molecular weight excluding hydrogens is 268 g/mol. The van der Waals surface area contributed by atoms with Crippen molar-refractivity contribution in [3.8, 4) is 0 Å². The van der Waals surface area contributed by atoms with Gasteiger partial charge in [0.05, 0.1) is 17.9 Å². The Labute approximate surface area is 124 Å². The van der Waals surface area contributed by atoms with Gasteiger partial charge in [-0.3, -0.25) is 4.79 Å². The van der Waals surface area contributed by atoms with Gasteiger partial charge < -0.3 is 15.8 Å². The summed E-state index contributed by atoms with van der Waals surface area (Å²) < 4.78 is 4.99. The van der Waals surface area contributed by atoms with E-state index in [1.807, 2.05) is 0 Å². The molecule has 1 aliphatic rings. The molecule has 0 spiro atoms. The predicted molar refractivity (Wildman–Crippen MR) is 81.0 cm³/mol. The molecule has 0 saturated heterocycles. The first kappa shape index (κ1) is 15.5.